The summed E-state index contributed by atoms with van der Waals surface area (Å²) in [4.78, 5) is 21.9. The van der Waals surface area contributed by atoms with E-state index in [-0.39, 0.29) is 11.7 Å². The van der Waals surface area contributed by atoms with Crippen LogP contribution in [0.3, 0.4) is 0 Å². The molecule has 36 heavy (non-hydrogen) atoms. The lowest BCUT2D eigenvalue weighted by Gasteiger charge is -2.36. The third-order valence-electron chi connectivity index (χ3n) is 6.33. The third-order valence-corrected chi connectivity index (χ3v) is 6.33. The smallest absolute Gasteiger partial charge is 0.406 e. The minimum Gasteiger partial charge on any atom is -0.406 e. The molecule has 0 bridgehead atoms. The van der Waals surface area contributed by atoms with E-state index in [4.69, 9.17) is 4.98 Å². The van der Waals surface area contributed by atoms with E-state index in [0.717, 1.165) is 48.2 Å². The molecule has 1 aliphatic rings. The largest absolute Gasteiger partial charge is 0.573 e. The van der Waals surface area contributed by atoms with Gasteiger partial charge in [-0.1, -0.05) is 12.1 Å². The number of hydrogen-bond donors (Lipinski definition) is 1. The molecule has 2 aromatic carbocycles. The first-order valence-corrected chi connectivity index (χ1v) is 11.7. The average molecular weight is 499 g/mol. The second-order valence-electron chi connectivity index (χ2n) is 9.15. The molecule has 0 atom stereocenters. The van der Waals surface area contributed by atoms with Crippen LogP contribution < -0.4 is 15.0 Å². The number of anilines is 2. The fourth-order valence-electron chi connectivity index (χ4n) is 4.36. The van der Waals surface area contributed by atoms with Gasteiger partial charge in [0.2, 0.25) is 5.91 Å². The number of aryl methyl sites for hydroxylation is 1. The van der Waals surface area contributed by atoms with Crippen molar-refractivity contribution in [3.63, 3.8) is 0 Å². The Morgan fingerprint density at radius 2 is 1.81 bits per heavy atom. The first-order chi connectivity index (χ1) is 17.1. The predicted octanol–water partition coefficient (Wildman–Crippen LogP) is 5.62. The van der Waals surface area contributed by atoms with Crippen LogP contribution in [0, 0.1) is 6.92 Å². The Hall–Kier alpha value is -3.59. The number of halogens is 3. The van der Waals surface area contributed by atoms with Crippen LogP contribution in [0.5, 0.6) is 5.75 Å². The number of alkyl halides is 3. The Morgan fingerprint density at radius 1 is 1.11 bits per heavy atom. The van der Waals surface area contributed by atoms with Crippen molar-refractivity contribution >= 4 is 34.4 Å². The number of ether oxygens (including phenoxy) is 1. The molecular weight excluding hydrogens is 469 g/mol. The van der Waals surface area contributed by atoms with Gasteiger partial charge in [0.25, 0.3) is 0 Å². The molecule has 0 saturated carbocycles. The van der Waals surface area contributed by atoms with Gasteiger partial charge in [0.15, 0.2) is 0 Å². The molecule has 0 radical (unpaired) electrons. The fourth-order valence-corrected chi connectivity index (χ4v) is 4.36. The molecule has 2 heterocycles. The molecule has 1 aromatic heterocycles. The maximum absolute atomic E-state index is 12.4. The lowest BCUT2D eigenvalue weighted by Crippen LogP contribution is -2.42. The number of nitrogens with one attached hydrogen (secondary N) is 1. The molecule has 4 rings (SSSR count). The lowest BCUT2D eigenvalue weighted by molar-refractivity contribution is -0.274. The van der Waals surface area contributed by atoms with E-state index in [2.05, 4.69) is 40.0 Å². The summed E-state index contributed by atoms with van der Waals surface area (Å²) in [6.45, 7) is 3.98. The molecule has 3 aromatic rings. The van der Waals surface area contributed by atoms with Crippen LogP contribution >= 0.6 is 0 Å². The fraction of sp³-hybridized carbons (Fsp3) is 0.333. The van der Waals surface area contributed by atoms with Crippen molar-refractivity contribution in [1.29, 1.82) is 0 Å². The van der Waals surface area contributed by atoms with Crippen LogP contribution in [0.25, 0.3) is 17.0 Å². The number of fused-ring (bicyclic) bond motifs is 1. The van der Waals surface area contributed by atoms with Crippen molar-refractivity contribution in [2.75, 3.05) is 37.4 Å². The third kappa shape index (κ3) is 6.54. The molecule has 0 aliphatic carbocycles. The van der Waals surface area contributed by atoms with Crippen LogP contribution in [-0.4, -0.2) is 55.4 Å². The number of nitrogens with zero attached hydrogens (tertiary/aromatic N) is 3. The molecule has 190 valence electrons. The van der Waals surface area contributed by atoms with E-state index in [1.807, 2.05) is 25.1 Å². The highest BCUT2D eigenvalue weighted by Gasteiger charge is 2.30. The summed E-state index contributed by atoms with van der Waals surface area (Å²) in [5, 5.41) is 3.79. The molecule has 0 spiro atoms. The van der Waals surface area contributed by atoms with Gasteiger partial charge in [-0.15, -0.1) is 13.2 Å². The average Bonchev–Trinajstić information content (AvgIpc) is 2.83. The highest BCUT2D eigenvalue weighted by atomic mass is 19.4. The van der Waals surface area contributed by atoms with Gasteiger partial charge in [-0.05, 0) is 87.5 Å². The van der Waals surface area contributed by atoms with Crippen molar-refractivity contribution in [1.82, 2.24) is 9.88 Å². The zero-order chi connectivity index (χ0) is 25.9. The van der Waals surface area contributed by atoms with Gasteiger partial charge in [0.05, 0.1) is 5.52 Å². The van der Waals surface area contributed by atoms with Crippen molar-refractivity contribution in [3.8, 4) is 5.75 Å². The molecule has 0 unspecified atom stereocenters. The van der Waals surface area contributed by atoms with E-state index in [0.29, 0.717) is 17.3 Å². The Kier molecular flexibility index (Phi) is 7.49. The van der Waals surface area contributed by atoms with Crippen LogP contribution in [-0.2, 0) is 4.79 Å². The summed E-state index contributed by atoms with van der Waals surface area (Å²) in [7, 11) is 4.25. The van der Waals surface area contributed by atoms with Crippen LogP contribution in [0.15, 0.2) is 54.6 Å². The van der Waals surface area contributed by atoms with Gasteiger partial charge in [-0.25, -0.2) is 4.98 Å². The maximum atomic E-state index is 12.4. The van der Waals surface area contributed by atoms with Crippen molar-refractivity contribution in [3.05, 3.63) is 65.7 Å². The summed E-state index contributed by atoms with van der Waals surface area (Å²) in [6, 6.07) is 13.6. The second-order valence-corrected chi connectivity index (χ2v) is 9.15. The number of hydrogen-bond acceptors (Lipinski definition) is 5. The molecular formula is C27H29F3N4O2. The molecule has 1 fully saturated rings. The summed E-state index contributed by atoms with van der Waals surface area (Å²) >= 11 is 0. The maximum Gasteiger partial charge on any atom is 0.573 e. The van der Waals surface area contributed by atoms with E-state index in [1.54, 1.807) is 0 Å². The zero-order valence-electron chi connectivity index (χ0n) is 20.5. The van der Waals surface area contributed by atoms with Gasteiger partial charge < -0.3 is 19.9 Å². The van der Waals surface area contributed by atoms with Crippen molar-refractivity contribution in [2.45, 2.75) is 32.2 Å². The SMILES string of the molecule is Cc1cc(N2CCC(N(C)C)CC2)nc2ccc(NC(=O)C=Cc3ccc(OC(F)(F)F)cc3)cc12. The highest BCUT2D eigenvalue weighted by molar-refractivity contribution is 6.03. The summed E-state index contributed by atoms with van der Waals surface area (Å²) in [5.74, 6) is 0.310. The van der Waals surface area contributed by atoms with Gasteiger partial charge in [-0.2, -0.15) is 0 Å². The summed E-state index contributed by atoms with van der Waals surface area (Å²) in [5.41, 5.74) is 3.16. The van der Waals surface area contributed by atoms with Crippen LogP contribution in [0.2, 0.25) is 0 Å². The van der Waals surface area contributed by atoms with E-state index in [1.165, 1.54) is 36.4 Å². The molecule has 1 saturated heterocycles. The number of pyridine rings is 1. The van der Waals surface area contributed by atoms with Crippen LogP contribution in [0.1, 0.15) is 24.0 Å². The van der Waals surface area contributed by atoms with Crippen molar-refractivity contribution in [2.24, 2.45) is 0 Å². The Labute approximate surface area is 208 Å². The first-order valence-electron chi connectivity index (χ1n) is 11.7. The molecule has 6 nitrogen and oxygen atoms in total. The normalized spacial score (nSPS) is 15.1. The quantitative estimate of drug-likeness (QED) is 0.447. The zero-order valence-corrected chi connectivity index (χ0v) is 20.5. The van der Waals surface area contributed by atoms with E-state index >= 15 is 0 Å². The predicted molar refractivity (Wildman–Crippen MR) is 136 cm³/mol. The topological polar surface area (TPSA) is 57.7 Å². The summed E-state index contributed by atoms with van der Waals surface area (Å²) < 4.78 is 40.7. The molecule has 9 heteroatoms. The number of aromatic nitrogens is 1. The van der Waals surface area contributed by atoms with Gasteiger partial charge in [0, 0.05) is 36.3 Å². The standard InChI is InChI=1S/C27H29F3N4O2/c1-18-16-25(34-14-12-21(13-15-34)33(2)3)32-24-10-7-20(17-23(18)24)31-26(35)11-6-19-4-8-22(9-5-19)36-27(28,29)30/h4-11,16-17,21H,12-15H2,1-3H3,(H,31,35). The minimum absolute atomic E-state index is 0.314. The molecule has 1 amide bonds. The monoisotopic (exact) mass is 498 g/mol. The van der Waals surface area contributed by atoms with Crippen LogP contribution in [0.4, 0.5) is 24.7 Å². The molecule has 1 N–H and O–H groups in total. The highest BCUT2D eigenvalue weighted by Crippen LogP contribution is 2.28. The first kappa shape index (κ1) is 25.5. The number of piperidine rings is 1. The van der Waals surface area contributed by atoms with Gasteiger partial charge in [-0.3, -0.25) is 4.79 Å². The molecule has 1 aliphatic heterocycles. The van der Waals surface area contributed by atoms with E-state index in [9.17, 15) is 18.0 Å². The summed E-state index contributed by atoms with van der Waals surface area (Å²) in [6.07, 6.45) is 0.322. The Balaban J connectivity index is 1.40. The minimum atomic E-state index is -4.74. The number of rotatable bonds is 6. The second kappa shape index (κ2) is 10.6. The number of carbonyl (C=O) groups is 1. The number of amides is 1. The van der Waals surface area contributed by atoms with E-state index < -0.39 is 6.36 Å². The number of carbonyl (C=O) groups excluding carboxylic acids is 1. The van der Waals surface area contributed by atoms with Gasteiger partial charge in [0.1, 0.15) is 11.6 Å². The number of benzene rings is 2. The van der Waals surface area contributed by atoms with Gasteiger partial charge >= 0.3 is 6.36 Å². The van der Waals surface area contributed by atoms with Crippen molar-refractivity contribution < 1.29 is 22.7 Å². The lowest BCUT2D eigenvalue weighted by atomic mass is 10.0. The Bertz CT molecular complexity index is 1250. The Morgan fingerprint density at radius 3 is 2.44 bits per heavy atom.